The highest BCUT2D eigenvalue weighted by Gasteiger charge is 2.19. The Labute approximate surface area is 160 Å². The molecule has 0 unspecified atom stereocenters. The van der Waals surface area contributed by atoms with Crippen molar-refractivity contribution in [1.82, 2.24) is 14.4 Å². The van der Waals surface area contributed by atoms with Crippen molar-refractivity contribution in [3.63, 3.8) is 0 Å². The van der Waals surface area contributed by atoms with Crippen molar-refractivity contribution in [1.29, 1.82) is 0 Å². The van der Waals surface area contributed by atoms with E-state index in [1.54, 1.807) is 6.20 Å². The van der Waals surface area contributed by atoms with E-state index in [0.717, 1.165) is 35.6 Å². The second kappa shape index (κ2) is 8.71. The fourth-order valence-electron chi connectivity index (χ4n) is 3.29. The number of benzene rings is 1. The van der Waals surface area contributed by atoms with Gasteiger partial charge >= 0.3 is 0 Å². The number of nitrogens with two attached hydrogens (primary N) is 1. The van der Waals surface area contributed by atoms with Crippen LogP contribution in [-0.2, 0) is 6.42 Å². The summed E-state index contributed by atoms with van der Waals surface area (Å²) in [7, 11) is 0. The molecule has 0 fully saturated rings. The van der Waals surface area contributed by atoms with E-state index in [9.17, 15) is 0 Å². The van der Waals surface area contributed by atoms with Crippen molar-refractivity contribution >= 4 is 17.1 Å². The molecule has 0 spiro atoms. The van der Waals surface area contributed by atoms with E-state index in [4.69, 9.17) is 15.5 Å². The zero-order valence-corrected chi connectivity index (χ0v) is 16.2. The molecule has 27 heavy (non-hydrogen) atoms. The van der Waals surface area contributed by atoms with Crippen LogP contribution >= 0.6 is 0 Å². The normalized spacial score (nSPS) is 11.0. The molecule has 0 aliphatic rings. The number of fused-ring (bicyclic) bond motifs is 1. The molecule has 0 amide bonds. The number of unbranched alkanes of at least 4 members (excludes halogenated alkanes) is 4. The lowest BCUT2D eigenvalue weighted by Gasteiger charge is -2.08. The first-order valence-corrected chi connectivity index (χ1v) is 9.66. The quantitative estimate of drug-likeness (QED) is 0.419. The van der Waals surface area contributed by atoms with E-state index in [1.165, 1.54) is 25.7 Å². The SMILES string of the molecule is C=C(Oc1ccccc1)c1nc(CCCCCCC)n2c(C)cnc(N)c12. The van der Waals surface area contributed by atoms with Crippen molar-refractivity contribution in [2.45, 2.75) is 52.4 Å². The molecular weight excluding hydrogens is 336 g/mol. The van der Waals surface area contributed by atoms with Crippen molar-refractivity contribution in [2.24, 2.45) is 0 Å². The first-order chi connectivity index (χ1) is 13.1. The third-order valence-electron chi connectivity index (χ3n) is 4.68. The summed E-state index contributed by atoms with van der Waals surface area (Å²) in [6.07, 6.45) is 8.78. The maximum absolute atomic E-state index is 6.20. The zero-order valence-electron chi connectivity index (χ0n) is 16.2. The molecule has 1 aromatic carbocycles. The van der Waals surface area contributed by atoms with Gasteiger partial charge in [0.05, 0.1) is 0 Å². The summed E-state index contributed by atoms with van der Waals surface area (Å²) < 4.78 is 8.01. The first-order valence-electron chi connectivity index (χ1n) is 9.66. The number of ether oxygens (including phenoxy) is 1. The minimum atomic E-state index is 0.443. The molecule has 2 heterocycles. The molecule has 0 aliphatic carbocycles. The van der Waals surface area contributed by atoms with Gasteiger partial charge in [0.25, 0.3) is 0 Å². The Kier molecular flexibility index (Phi) is 6.12. The highest BCUT2D eigenvalue weighted by atomic mass is 16.5. The minimum absolute atomic E-state index is 0.443. The summed E-state index contributed by atoms with van der Waals surface area (Å²) in [5.74, 6) is 2.64. The first kappa shape index (κ1) is 19.0. The molecule has 2 N–H and O–H groups in total. The molecule has 5 nitrogen and oxygen atoms in total. The monoisotopic (exact) mass is 364 g/mol. The molecule has 2 aromatic heterocycles. The van der Waals surface area contributed by atoms with Gasteiger partial charge < -0.3 is 10.5 Å². The van der Waals surface area contributed by atoms with Crippen LogP contribution in [0.4, 0.5) is 5.82 Å². The van der Waals surface area contributed by atoms with Crippen LogP contribution in [0.15, 0.2) is 43.1 Å². The summed E-state index contributed by atoms with van der Waals surface area (Å²) in [4.78, 5) is 9.15. The molecule has 5 heteroatoms. The van der Waals surface area contributed by atoms with Crippen LogP contribution in [0.25, 0.3) is 11.3 Å². The summed E-state index contributed by atoms with van der Waals surface area (Å²) >= 11 is 0. The average molecular weight is 364 g/mol. The Morgan fingerprint density at radius 2 is 1.89 bits per heavy atom. The predicted molar refractivity (Wildman–Crippen MR) is 111 cm³/mol. The van der Waals surface area contributed by atoms with Crippen LogP contribution in [0.5, 0.6) is 5.75 Å². The summed E-state index contributed by atoms with van der Waals surface area (Å²) in [6, 6.07) is 9.59. The number of imidazole rings is 1. The fourth-order valence-corrected chi connectivity index (χ4v) is 3.29. The Morgan fingerprint density at radius 3 is 2.63 bits per heavy atom. The van der Waals surface area contributed by atoms with E-state index in [0.29, 0.717) is 17.3 Å². The van der Waals surface area contributed by atoms with Gasteiger partial charge in [-0.3, -0.25) is 4.40 Å². The van der Waals surface area contributed by atoms with Gasteiger partial charge in [-0.25, -0.2) is 9.97 Å². The van der Waals surface area contributed by atoms with Crippen molar-refractivity contribution in [3.8, 4) is 5.75 Å². The number of rotatable bonds is 9. The van der Waals surface area contributed by atoms with Crippen LogP contribution in [0, 0.1) is 6.92 Å². The van der Waals surface area contributed by atoms with Gasteiger partial charge in [-0.2, -0.15) is 0 Å². The summed E-state index contributed by atoms with van der Waals surface area (Å²) in [5, 5.41) is 0. The van der Waals surface area contributed by atoms with E-state index in [-0.39, 0.29) is 0 Å². The molecule has 142 valence electrons. The maximum atomic E-state index is 6.20. The Morgan fingerprint density at radius 1 is 1.15 bits per heavy atom. The minimum Gasteiger partial charge on any atom is -0.456 e. The van der Waals surface area contributed by atoms with Crippen molar-refractivity contribution < 1.29 is 4.74 Å². The van der Waals surface area contributed by atoms with Gasteiger partial charge in [0, 0.05) is 18.3 Å². The Hall–Kier alpha value is -2.82. The Balaban J connectivity index is 1.90. The van der Waals surface area contributed by atoms with Crippen LogP contribution in [0.1, 0.15) is 56.2 Å². The standard InChI is InChI=1S/C22H28N4O/c1-4-5-6-7-11-14-19-25-20(17(3)27-18-12-9-8-10-13-18)21-22(23)24-15-16(2)26(19)21/h8-10,12-13,15H,3-7,11,14H2,1-2H3,(H2,23,24). The smallest absolute Gasteiger partial charge is 0.150 e. The average Bonchev–Trinajstić information content (AvgIpc) is 3.06. The number of hydrogen-bond acceptors (Lipinski definition) is 4. The number of para-hydroxylation sites is 1. The lowest BCUT2D eigenvalue weighted by molar-refractivity contribution is 0.515. The molecule has 3 aromatic rings. The number of hydrogen-bond donors (Lipinski definition) is 1. The van der Waals surface area contributed by atoms with Gasteiger partial charge in [0.1, 0.15) is 34.4 Å². The number of nitrogen functional groups attached to an aromatic ring is 1. The zero-order chi connectivity index (χ0) is 19.2. The van der Waals surface area contributed by atoms with Gasteiger partial charge in [-0.05, 0) is 25.5 Å². The lowest BCUT2D eigenvalue weighted by Crippen LogP contribution is -2.03. The third kappa shape index (κ3) is 4.30. The summed E-state index contributed by atoms with van der Waals surface area (Å²) in [6.45, 7) is 8.34. The molecule has 0 bridgehead atoms. The largest absolute Gasteiger partial charge is 0.456 e. The van der Waals surface area contributed by atoms with E-state index < -0.39 is 0 Å². The molecule has 0 saturated heterocycles. The van der Waals surface area contributed by atoms with Crippen LogP contribution < -0.4 is 10.5 Å². The van der Waals surface area contributed by atoms with Gasteiger partial charge in [0.2, 0.25) is 0 Å². The predicted octanol–water partition coefficient (Wildman–Crippen LogP) is 5.18. The summed E-state index contributed by atoms with van der Waals surface area (Å²) in [5.41, 5.74) is 8.64. The van der Waals surface area contributed by atoms with E-state index in [2.05, 4.69) is 22.9 Å². The molecule has 0 radical (unpaired) electrons. The van der Waals surface area contributed by atoms with E-state index in [1.807, 2.05) is 37.3 Å². The highest BCUT2D eigenvalue weighted by molar-refractivity contribution is 5.81. The maximum Gasteiger partial charge on any atom is 0.150 e. The van der Waals surface area contributed by atoms with Crippen LogP contribution in [-0.4, -0.2) is 14.4 Å². The molecule has 0 saturated carbocycles. The topological polar surface area (TPSA) is 65.4 Å². The van der Waals surface area contributed by atoms with E-state index >= 15 is 0 Å². The number of aryl methyl sites for hydroxylation is 2. The number of aromatic nitrogens is 3. The molecule has 0 atom stereocenters. The van der Waals surface area contributed by atoms with Crippen LogP contribution in [0.3, 0.4) is 0 Å². The molecule has 3 rings (SSSR count). The van der Waals surface area contributed by atoms with Crippen molar-refractivity contribution in [3.05, 3.63) is 60.3 Å². The molecular formula is C22H28N4O. The second-order valence-electron chi connectivity index (χ2n) is 6.85. The van der Waals surface area contributed by atoms with Crippen LogP contribution in [0.2, 0.25) is 0 Å². The Bertz CT molecular complexity index is 915. The lowest BCUT2D eigenvalue weighted by atomic mass is 10.1. The van der Waals surface area contributed by atoms with Gasteiger partial charge in [0.15, 0.2) is 0 Å². The highest BCUT2D eigenvalue weighted by Crippen LogP contribution is 2.28. The number of anilines is 1. The van der Waals surface area contributed by atoms with Gasteiger partial charge in [-0.15, -0.1) is 0 Å². The van der Waals surface area contributed by atoms with Crippen molar-refractivity contribution in [2.75, 3.05) is 5.73 Å². The molecule has 0 aliphatic heterocycles. The van der Waals surface area contributed by atoms with Gasteiger partial charge in [-0.1, -0.05) is 57.4 Å². The third-order valence-corrected chi connectivity index (χ3v) is 4.68. The fraction of sp³-hybridized carbons (Fsp3) is 0.364. The number of nitrogens with zero attached hydrogens (tertiary/aromatic N) is 3. The second-order valence-corrected chi connectivity index (χ2v) is 6.85.